The maximum Gasteiger partial charge on any atom is 0.379 e. The molecule has 1 fully saturated rings. The highest BCUT2D eigenvalue weighted by atomic mass is 35.5. The summed E-state index contributed by atoms with van der Waals surface area (Å²) in [5.74, 6) is 0.0962. The van der Waals surface area contributed by atoms with E-state index < -0.39 is 6.68 Å². The minimum absolute atomic E-state index is 0.0962. The maximum atomic E-state index is 11.8. The lowest BCUT2D eigenvalue weighted by molar-refractivity contribution is -0.129. The molecule has 2 N–H and O–H groups in total. The first-order valence-corrected chi connectivity index (χ1v) is 8.12. The van der Waals surface area contributed by atoms with Crippen LogP contribution in [-0.4, -0.2) is 42.6 Å². The average Bonchev–Trinajstić information content (AvgIpc) is 2.53. The number of nitrogens with one attached hydrogen (secondary N) is 2. The number of alkyl halides is 3. The van der Waals surface area contributed by atoms with Gasteiger partial charge in [0.1, 0.15) is 0 Å². The van der Waals surface area contributed by atoms with E-state index in [0.717, 1.165) is 18.4 Å². The summed E-state index contributed by atoms with van der Waals surface area (Å²) < 4.78 is 29.0. The van der Waals surface area contributed by atoms with Crippen LogP contribution in [0.1, 0.15) is 25.3 Å². The molecule has 1 aliphatic heterocycles. The molecule has 0 aliphatic carbocycles. The molecule has 9 heteroatoms. The van der Waals surface area contributed by atoms with E-state index in [1.807, 2.05) is 23.1 Å². The van der Waals surface area contributed by atoms with Crippen molar-refractivity contribution in [2.75, 3.05) is 13.1 Å². The standard InChI is InChI=1S/C15H20ClN3O2.CHF3/c1-11(20)19-7-5-14(6-8-19)18-15(21)17-10-12-3-2-4-13(16)9-12;2-1(3)4/h2-4,9,14H,5-8,10H2,1H3,(H2,17,18,21);1H. The first-order valence-electron chi connectivity index (χ1n) is 7.74. The lowest BCUT2D eigenvalue weighted by atomic mass is 10.1. The first-order chi connectivity index (χ1) is 11.8. The molecule has 0 aromatic heterocycles. The van der Waals surface area contributed by atoms with Crippen molar-refractivity contribution in [3.8, 4) is 0 Å². The third-order valence-corrected chi connectivity index (χ3v) is 3.85. The Bertz CT molecular complexity index is 565. The van der Waals surface area contributed by atoms with Crippen molar-refractivity contribution in [3.05, 3.63) is 34.9 Å². The summed E-state index contributed by atoms with van der Waals surface area (Å²) in [5.41, 5.74) is 0.962. The number of rotatable bonds is 3. The molecule has 1 aromatic rings. The fourth-order valence-electron chi connectivity index (χ4n) is 2.40. The van der Waals surface area contributed by atoms with Crippen molar-refractivity contribution in [1.82, 2.24) is 15.5 Å². The van der Waals surface area contributed by atoms with Gasteiger partial charge in [-0.25, -0.2) is 4.79 Å². The van der Waals surface area contributed by atoms with Crippen LogP contribution in [0.15, 0.2) is 24.3 Å². The van der Waals surface area contributed by atoms with E-state index in [0.29, 0.717) is 24.7 Å². The first kappa shape index (κ1) is 21.1. The molecular weight excluding hydrogens is 359 g/mol. The summed E-state index contributed by atoms with van der Waals surface area (Å²) in [7, 11) is 0. The Balaban J connectivity index is 0.000000705. The van der Waals surface area contributed by atoms with E-state index in [1.165, 1.54) is 0 Å². The summed E-state index contributed by atoms with van der Waals surface area (Å²) in [6.45, 7) is -0.243. The number of hydrogen-bond donors (Lipinski definition) is 2. The highest BCUT2D eigenvalue weighted by molar-refractivity contribution is 6.30. The molecule has 25 heavy (non-hydrogen) atoms. The second-order valence-electron chi connectivity index (χ2n) is 5.48. The molecule has 3 amide bonds. The van der Waals surface area contributed by atoms with Crippen LogP contribution in [0.3, 0.4) is 0 Å². The van der Waals surface area contributed by atoms with Gasteiger partial charge in [-0.2, -0.15) is 13.2 Å². The van der Waals surface area contributed by atoms with Crippen LogP contribution in [0.2, 0.25) is 5.02 Å². The largest absolute Gasteiger partial charge is 0.379 e. The number of likely N-dealkylation sites (tertiary alicyclic amines) is 1. The SMILES string of the molecule is CC(=O)N1CCC(NC(=O)NCc2cccc(Cl)c2)CC1.FC(F)F. The molecule has 0 saturated carbocycles. The van der Waals surface area contributed by atoms with E-state index in [1.54, 1.807) is 13.0 Å². The smallest absolute Gasteiger partial charge is 0.343 e. The Morgan fingerprint density at radius 1 is 1.28 bits per heavy atom. The number of carbonyl (C=O) groups excluding carboxylic acids is 2. The zero-order valence-electron chi connectivity index (χ0n) is 13.8. The fraction of sp³-hybridized carbons (Fsp3) is 0.500. The lowest BCUT2D eigenvalue weighted by Crippen LogP contribution is -2.48. The maximum absolute atomic E-state index is 11.8. The van der Waals surface area contributed by atoms with Gasteiger partial charge in [-0.15, -0.1) is 0 Å². The molecule has 0 bridgehead atoms. The summed E-state index contributed by atoms with van der Waals surface area (Å²) in [5, 5.41) is 6.42. The number of halogens is 4. The molecule has 0 radical (unpaired) electrons. The van der Waals surface area contributed by atoms with Crippen molar-refractivity contribution in [2.45, 2.75) is 39.0 Å². The van der Waals surface area contributed by atoms with Crippen LogP contribution in [0.25, 0.3) is 0 Å². The third kappa shape index (κ3) is 9.19. The minimum atomic E-state index is -3.67. The molecular formula is C16H21ClF3N3O2. The van der Waals surface area contributed by atoms with Gasteiger partial charge >= 0.3 is 12.7 Å². The highest BCUT2D eigenvalue weighted by Crippen LogP contribution is 2.11. The molecule has 5 nitrogen and oxygen atoms in total. The topological polar surface area (TPSA) is 61.4 Å². The van der Waals surface area contributed by atoms with Crippen LogP contribution in [0, 0.1) is 0 Å². The van der Waals surface area contributed by atoms with E-state index in [2.05, 4.69) is 10.6 Å². The van der Waals surface area contributed by atoms with Crippen molar-refractivity contribution in [2.24, 2.45) is 0 Å². The number of piperidine rings is 1. The molecule has 140 valence electrons. The van der Waals surface area contributed by atoms with Crippen LogP contribution >= 0.6 is 11.6 Å². The van der Waals surface area contributed by atoms with Gasteiger partial charge in [-0.3, -0.25) is 4.79 Å². The Hall–Kier alpha value is -1.96. The van der Waals surface area contributed by atoms with Gasteiger partial charge in [-0.05, 0) is 30.5 Å². The summed E-state index contributed by atoms with van der Waals surface area (Å²) >= 11 is 5.89. The summed E-state index contributed by atoms with van der Waals surface area (Å²) in [6.07, 6.45) is 1.59. The van der Waals surface area contributed by atoms with Crippen LogP contribution in [-0.2, 0) is 11.3 Å². The molecule has 1 heterocycles. The van der Waals surface area contributed by atoms with Crippen LogP contribution < -0.4 is 10.6 Å². The Morgan fingerprint density at radius 3 is 2.40 bits per heavy atom. The predicted octanol–water partition coefficient (Wildman–Crippen LogP) is 3.33. The van der Waals surface area contributed by atoms with Gasteiger partial charge in [0.25, 0.3) is 0 Å². The molecule has 2 rings (SSSR count). The Morgan fingerprint density at radius 2 is 1.88 bits per heavy atom. The van der Waals surface area contributed by atoms with Crippen LogP contribution in [0.5, 0.6) is 0 Å². The molecule has 0 unspecified atom stereocenters. The Kier molecular flexibility index (Phi) is 9.12. The van der Waals surface area contributed by atoms with Gasteiger partial charge in [0.05, 0.1) is 0 Å². The predicted molar refractivity (Wildman–Crippen MR) is 89.2 cm³/mol. The molecule has 1 saturated heterocycles. The molecule has 0 atom stereocenters. The van der Waals surface area contributed by atoms with E-state index in [4.69, 9.17) is 11.6 Å². The number of nitrogens with zero attached hydrogens (tertiary/aromatic N) is 1. The third-order valence-electron chi connectivity index (χ3n) is 3.62. The molecule has 1 aromatic carbocycles. The second kappa shape index (κ2) is 10.8. The minimum Gasteiger partial charge on any atom is -0.343 e. The van der Waals surface area contributed by atoms with E-state index in [9.17, 15) is 22.8 Å². The lowest BCUT2D eigenvalue weighted by Gasteiger charge is -2.31. The average molecular weight is 380 g/mol. The molecule has 0 spiro atoms. The van der Waals surface area contributed by atoms with Gasteiger partial charge in [-0.1, -0.05) is 23.7 Å². The van der Waals surface area contributed by atoms with Crippen LogP contribution in [0.4, 0.5) is 18.0 Å². The summed E-state index contributed by atoms with van der Waals surface area (Å²) in [6, 6.07) is 7.34. The van der Waals surface area contributed by atoms with Gasteiger partial charge in [0, 0.05) is 37.6 Å². The number of hydrogen-bond acceptors (Lipinski definition) is 2. The van der Waals surface area contributed by atoms with E-state index >= 15 is 0 Å². The monoisotopic (exact) mass is 379 g/mol. The summed E-state index contributed by atoms with van der Waals surface area (Å²) in [4.78, 5) is 24.9. The zero-order chi connectivity index (χ0) is 18.8. The number of carbonyl (C=O) groups is 2. The van der Waals surface area contributed by atoms with Crippen molar-refractivity contribution in [1.29, 1.82) is 0 Å². The zero-order valence-corrected chi connectivity index (χ0v) is 14.5. The fourth-order valence-corrected chi connectivity index (χ4v) is 2.62. The number of amides is 3. The number of benzene rings is 1. The van der Waals surface area contributed by atoms with Crippen molar-refractivity contribution >= 4 is 23.5 Å². The van der Waals surface area contributed by atoms with Gasteiger partial charge in [0.15, 0.2) is 0 Å². The quantitative estimate of drug-likeness (QED) is 0.846. The van der Waals surface area contributed by atoms with Crippen molar-refractivity contribution < 1.29 is 22.8 Å². The normalized spacial score (nSPS) is 14.6. The van der Waals surface area contributed by atoms with Gasteiger partial charge in [0.2, 0.25) is 5.91 Å². The number of urea groups is 1. The van der Waals surface area contributed by atoms with Crippen molar-refractivity contribution in [3.63, 3.8) is 0 Å². The highest BCUT2D eigenvalue weighted by Gasteiger charge is 2.21. The Labute approximate surface area is 149 Å². The van der Waals surface area contributed by atoms with Gasteiger partial charge < -0.3 is 15.5 Å². The van der Waals surface area contributed by atoms with E-state index in [-0.39, 0.29) is 18.0 Å². The molecule has 1 aliphatic rings. The second-order valence-corrected chi connectivity index (χ2v) is 5.92.